The Labute approximate surface area is 155 Å². The SMILES string of the molecule is CCCCNC(NC(=S)Nc1ccc(C(=O)O)cc1)C(Cl)(Cl)Cl. The lowest BCUT2D eigenvalue weighted by molar-refractivity contribution is 0.0697. The molecule has 1 unspecified atom stereocenters. The predicted octanol–water partition coefficient (Wildman–Crippen LogP) is 3.76. The first-order valence-electron chi connectivity index (χ1n) is 6.95. The second kappa shape index (κ2) is 9.49. The number of hydrogen-bond donors (Lipinski definition) is 4. The lowest BCUT2D eigenvalue weighted by atomic mass is 10.2. The van der Waals surface area contributed by atoms with E-state index < -0.39 is 15.9 Å². The molecule has 0 fully saturated rings. The standard InChI is InChI=1S/C14H18Cl3N3O2S/c1-2-3-8-18-12(14(15,16)17)20-13(23)19-10-6-4-9(5-7-10)11(21)22/h4-7,12,18H,2-3,8H2,1H3,(H,21,22)(H2,19,20,23). The van der Waals surface area contributed by atoms with Crippen LogP contribution in [0.2, 0.25) is 0 Å². The summed E-state index contributed by atoms with van der Waals surface area (Å²) in [5, 5.41) is 18.0. The van der Waals surface area contributed by atoms with Crippen LogP contribution in [0.15, 0.2) is 24.3 Å². The highest BCUT2D eigenvalue weighted by molar-refractivity contribution is 7.80. The molecule has 9 heteroatoms. The molecule has 1 aromatic carbocycles. The van der Waals surface area contributed by atoms with Crippen LogP contribution in [0.5, 0.6) is 0 Å². The van der Waals surface area contributed by atoms with Crippen LogP contribution in [0.25, 0.3) is 0 Å². The number of halogens is 3. The van der Waals surface area contributed by atoms with Gasteiger partial charge in [-0.3, -0.25) is 5.32 Å². The van der Waals surface area contributed by atoms with Crippen LogP contribution in [0.4, 0.5) is 5.69 Å². The Balaban J connectivity index is 2.62. The lowest BCUT2D eigenvalue weighted by Gasteiger charge is -2.28. The van der Waals surface area contributed by atoms with Gasteiger partial charge in [0.05, 0.1) is 5.56 Å². The molecular formula is C14H18Cl3N3O2S. The molecule has 1 atom stereocenters. The number of anilines is 1. The topological polar surface area (TPSA) is 73.4 Å². The molecule has 23 heavy (non-hydrogen) atoms. The lowest BCUT2D eigenvalue weighted by Crippen LogP contribution is -2.54. The molecule has 0 saturated heterocycles. The van der Waals surface area contributed by atoms with E-state index >= 15 is 0 Å². The second-order valence-corrected chi connectivity index (χ2v) is 7.54. The van der Waals surface area contributed by atoms with Crippen molar-refractivity contribution < 1.29 is 9.90 Å². The quantitative estimate of drug-likeness (QED) is 0.243. The zero-order valence-electron chi connectivity index (χ0n) is 12.4. The fourth-order valence-corrected chi connectivity index (χ4v) is 2.30. The minimum Gasteiger partial charge on any atom is -0.478 e. The third kappa shape index (κ3) is 7.54. The second-order valence-electron chi connectivity index (χ2n) is 4.76. The fourth-order valence-electron chi connectivity index (χ4n) is 1.67. The largest absolute Gasteiger partial charge is 0.478 e. The Bertz CT molecular complexity index is 535. The minimum atomic E-state index is -1.58. The average molecular weight is 399 g/mol. The molecule has 0 aromatic heterocycles. The van der Waals surface area contributed by atoms with Crippen molar-refractivity contribution in [1.29, 1.82) is 0 Å². The number of rotatable bonds is 7. The van der Waals surface area contributed by atoms with Gasteiger partial charge in [0.1, 0.15) is 6.17 Å². The summed E-state index contributed by atoms with van der Waals surface area (Å²) in [5.74, 6) is -0.992. The zero-order chi connectivity index (χ0) is 17.5. The molecule has 1 rings (SSSR count). The highest BCUT2D eigenvalue weighted by Crippen LogP contribution is 2.29. The predicted molar refractivity (Wildman–Crippen MR) is 99.7 cm³/mol. The van der Waals surface area contributed by atoms with Gasteiger partial charge in [0.2, 0.25) is 3.79 Å². The van der Waals surface area contributed by atoms with E-state index in [1.165, 1.54) is 12.1 Å². The van der Waals surface area contributed by atoms with Crippen molar-refractivity contribution in [2.24, 2.45) is 0 Å². The van der Waals surface area contributed by atoms with Gasteiger partial charge >= 0.3 is 5.97 Å². The van der Waals surface area contributed by atoms with E-state index in [0.717, 1.165) is 12.8 Å². The molecule has 0 spiro atoms. The zero-order valence-corrected chi connectivity index (χ0v) is 15.5. The number of nitrogens with one attached hydrogen (secondary N) is 3. The van der Waals surface area contributed by atoms with E-state index in [1.807, 2.05) is 0 Å². The van der Waals surface area contributed by atoms with Crippen LogP contribution in [-0.2, 0) is 0 Å². The van der Waals surface area contributed by atoms with Crippen LogP contribution in [-0.4, -0.2) is 32.7 Å². The number of alkyl halides is 3. The molecule has 0 amide bonds. The minimum absolute atomic E-state index is 0.190. The number of carbonyl (C=O) groups is 1. The molecular weight excluding hydrogens is 381 g/mol. The number of benzene rings is 1. The number of unbranched alkanes of at least 4 members (excludes halogenated alkanes) is 1. The van der Waals surface area contributed by atoms with E-state index in [1.54, 1.807) is 12.1 Å². The van der Waals surface area contributed by atoms with Crippen LogP contribution in [0.3, 0.4) is 0 Å². The van der Waals surface area contributed by atoms with E-state index in [4.69, 9.17) is 52.1 Å². The van der Waals surface area contributed by atoms with Crippen LogP contribution < -0.4 is 16.0 Å². The van der Waals surface area contributed by atoms with Crippen molar-refractivity contribution in [2.75, 3.05) is 11.9 Å². The van der Waals surface area contributed by atoms with Crippen LogP contribution in [0, 0.1) is 0 Å². The fraction of sp³-hybridized carbons (Fsp3) is 0.429. The number of carboxylic acid groups (broad SMARTS) is 1. The maximum Gasteiger partial charge on any atom is 0.335 e. The highest BCUT2D eigenvalue weighted by Gasteiger charge is 2.32. The molecule has 4 N–H and O–H groups in total. The van der Waals surface area contributed by atoms with Gasteiger partial charge in [-0.25, -0.2) is 4.79 Å². The van der Waals surface area contributed by atoms with Crippen molar-refractivity contribution in [3.8, 4) is 0 Å². The van der Waals surface area contributed by atoms with E-state index in [0.29, 0.717) is 12.2 Å². The Hall–Kier alpha value is -0.790. The van der Waals surface area contributed by atoms with E-state index in [2.05, 4.69) is 22.9 Å². The van der Waals surface area contributed by atoms with Crippen molar-refractivity contribution in [3.63, 3.8) is 0 Å². The summed E-state index contributed by atoms with van der Waals surface area (Å²) in [6, 6.07) is 6.15. The van der Waals surface area contributed by atoms with Crippen molar-refractivity contribution in [1.82, 2.24) is 10.6 Å². The van der Waals surface area contributed by atoms with Crippen molar-refractivity contribution in [2.45, 2.75) is 29.7 Å². The Morgan fingerprint density at radius 1 is 1.30 bits per heavy atom. The maximum atomic E-state index is 10.8. The van der Waals surface area contributed by atoms with Gasteiger partial charge in [0.15, 0.2) is 5.11 Å². The molecule has 128 valence electrons. The summed E-state index contributed by atoms with van der Waals surface area (Å²) in [6.07, 6.45) is 1.30. The molecule has 0 aliphatic rings. The third-order valence-electron chi connectivity index (χ3n) is 2.87. The molecule has 5 nitrogen and oxygen atoms in total. The van der Waals surface area contributed by atoms with Gasteiger partial charge in [0, 0.05) is 5.69 Å². The Morgan fingerprint density at radius 2 is 1.91 bits per heavy atom. The first kappa shape index (κ1) is 20.3. The van der Waals surface area contributed by atoms with Gasteiger partial charge in [-0.2, -0.15) is 0 Å². The molecule has 0 aliphatic carbocycles. The van der Waals surface area contributed by atoms with Crippen molar-refractivity contribution >= 4 is 63.8 Å². The summed E-state index contributed by atoms with van der Waals surface area (Å²) in [6.45, 7) is 2.74. The molecule has 1 aromatic rings. The van der Waals surface area contributed by atoms with Gasteiger partial charge in [-0.15, -0.1) is 0 Å². The first-order valence-corrected chi connectivity index (χ1v) is 8.49. The molecule has 0 saturated carbocycles. The summed E-state index contributed by atoms with van der Waals surface area (Å²) in [5.41, 5.74) is 0.818. The molecule has 0 aliphatic heterocycles. The van der Waals surface area contributed by atoms with Gasteiger partial charge in [-0.1, -0.05) is 48.1 Å². The summed E-state index contributed by atoms with van der Waals surface area (Å²) >= 11 is 23.0. The number of hydrogen-bond acceptors (Lipinski definition) is 3. The Kier molecular flexibility index (Phi) is 8.36. The smallest absolute Gasteiger partial charge is 0.335 e. The van der Waals surface area contributed by atoms with Crippen LogP contribution in [0.1, 0.15) is 30.1 Å². The van der Waals surface area contributed by atoms with E-state index in [9.17, 15) is 4.79 Å². The van der Waals surface area contributed by atoms with Crippen molar-refractivity contribution in [3.05, 3.63) is 29.8 Å². The summed E-state index contributed by atoms with van der Waals surface area (Å²) in [4.78, 5) is 10.8. The summed E-state index contributed by atoms with van der Waals surface area (Å²) < 4.78 is -1.58. The monoisotopic (exact) mass is 397 g/mol. The maximum absolute atomic E-state index is 10.8. The van der Waals surface area contributed by atoms with Gasteiger partial charge in [-0.05, 0) is 49.4 Å². The average Bonchev–Trinajstić information content (AvgIpc) is 2.46. The summed E-state index contributed by atoms with van der Waals surface area (Å²) in [7, 11) is 0. The van der Waals surface area contributed by atoms with E-state index in [-0.39, 0.29) is 10.7 Å². The van der Waals surface area contributed by atoms with Crippen LogP contribution >= 0.6 is 47.0 Å². The van der Waals surface area contributed by atoms with Gasteiger partial charge < -0.3 is 15.7 Å². The number of carboxylic acids is 1. The number of thiocarbonyl (C=S) groups is 1. The third-order valence-corrected chi connectivity index (χ3v) is 3.75. The molecule has 0 bridgehead atoms. The Morgan fingerprint density at radius 3 is 2.39 bits per heavy atom. The first-order chi connectivity index (χ1) is 10.7. The molecule has 0 radical (unpaired) electrons. The number of aromatic carboxylic acids is 1. The normalized spacial score (nSPS) is 12.5. The van der Waals surface area contributed by atoms with Gasteiger partial charge in [0.25, 0.3) is 0 Å². The molecule has 0 heterocycles. The highest BCUT2D eigenvalue weighted by atomic mass is 35.6.